The van der Waals surface area contributed by atoms with Gasteiger partial charge in [-0.25, -0.2) is 8.78 Å². The second-order valence-electron chi connectivity index (χ2n) is 8.39. The summed E-state index contributed by atoms with van der Waals surface area (Å²) in [4.78, 5) is 25.9. The minimum atomic E-state index is -0.454. The third-order valence-corrected chi connectivity index (χ3v) is 6.27. The van der Waals surface area contributed by atoms with Crippen LogP contribution in [0.4, 0.5) is 14.5 Å². The third-order valence-electron chi connectivity index (χ3n) is 6.27. The number of methoxy groups -OCH3 is 1. The molecule has 0 aliphatic carbocycles. The van der Waals surface area contributed by atoms with Gasteiger partial charge in [0, 0.05) is 55.6 Å². The molecule has 0 bridgehead atoms. The zero-order chi connectivity index (χ0) is 24.2. The molecule has 1 saturated heterocycles. The number of nitro benzene ring substituents is 1. The van der Waals surface area contributed by atoms with Crippen LogP contribution in [-0.2, 0) is 11.3 Å². The molecular weight excluding hydrogens is 442 g/mol. The molecule has 4 rings (SSSR count). The van der Waals surface area contributed by atoms with Crippen molar-refractivity contribution in [1.29, 1.82) is 0 Å². The van der Waals surface area contributed by atoms with E-state index in [0.29, 0.717) is 37.4 Å². The fourth-order valence-corrected chi connectivity index (χ4v) is 4.60. The van der Waals surface area contributed by atoms with E-state index in [1.807, 2.05) is 0 Å². The van der Waals surface area contributed by atoms with E-state index in [-0.39, 0.29) is 29.0 Å². The van der Waals surface area contributed by atoms with E-state index in [2.05, 4.69) is 4.90 Å². The van der Waals surface area contributed by atoms with E-state index in [1.165, 1.54) is 43.5 Å². The minimum absolute atomic E-state index is 0.0315. The Morgan fingerprint density at radius 1 is 1.03 bits per heavy atom. The van der Waals surface area contributed by atoms with Crippen LogP contribution in [0.1, 0.15) is 29.0 Å². The van der Waals surface area contributed by atoms with Crippen molar-refractivity contribution in [1.82, 2.24) is 4.90 Å². The SMILES string of the molecule is COc1ccc([N+](=O)[O-])cc1CN1CCC(=O)C(C(c2ccc(F)cc2)c2ccc(F)cc2)C1. The first-order valence-electron chi connectivity index (χ1n) is 10.9. The van der Waals surface area contributed by atoms with Crippen LogP contribution in [0.25, 0.3) is 0 Å². The summed E-state index contributed by atoms with van der Waals surface area (Å²) in [5, 5.41) is 11.2. The zero-order valence-corrected chi connectivity index (χ0v) is 18.6. The summed E-state index contributed by atoms with van der Waals surface area (Å²) in [7, 11) is 1.51. The van der Waals surface area contributed by atoms with Crippen molar-refractivity contribution in [2.75, 3.05) is 20.2 Å². The second-order valence-corrected chi connectivity index (χ2v) is 8.39. The van der Waals surface area contributed by atoms with Gasteiger partial charge in [0.1, 0.15) is 23.2 Å². The van der Waals surface area contributed by atoms with Gasteiger partial charge in [-0.3, -0.25) is 19.8 Å². The summed E-state index contributed by atoms with van der Waals surface area (Å²) in [5.74, 6) is -0.988. The summed E-state index contributed by atoms with van der Waals surface area (Å²) in [6.07, 6.45) is 0.306. The van der Waals surface area contributed by atoms with Gasteiger partial charge in [-0.15, -0.1) is 0 Å². The molecule has 0 amide bonds. The van der Waals surface area contributed by atoms with Gasteiger partial charge in [0.25, 0.3) is 5.69 Å². The van der Waals surface area contributed by atoms with Crippen LogP contribution in [0.15, 0.2) is 66.7 Å². The average Bonchev–Trinajstić information content (AvgIpc) is 2.83. The van der Waals surface area contributed by atoms with E-state index in [9.17, 15) is 23.7 Å². The number of nitro groups is 1. The number of piperidine rings is 1. The van der Waals surface area contributed by atoms with Gasteiger partial charge < -0.3 is 4.74 Å². The van der Waals surface area contributed by atoms with Crippen LogP contribution in [-0.4, -0.2) is 35.8 Å². The molecule has 3 aromatic carbocycles. The lowest BCUT2D eigenvalue weighted by molar-refractivity contribution is -0.385. The lowest BCUT2D eigenvalue weighted by atomic mass is 9.76. The highest BCUT2D eigenvalue weighted by molar-refractivity contribution is 5.83. The maximum absolute atomic E-state index is 13.6. The average molecular weight is 466 g/mol. The Hall–Kier alpha value is -3.65. The number of benzene rings is 3. The zero-order valence-electron chi connectivity index (χ0n) is 18.6. The molecule has 0 radical (unpaired) electrons. The molecule has 0 spiro atoms. The number of halogens is 2. The molecule has 8 heteroatoms. The number of hydrogen-bond donors (Lipinski definition) is 0. The van der Waals surface area contributed by atoms with Crippen molar-refractivity contribution in [3.05, 3.63) is 105 Å². The number of Topliss-reactive ketones (excluding diaryl/α,β-unsaturated/α-hetero) is 1. The lowest BCUT2D eigenvalue weighted by Crippen LogP contribution is -2.43. The van der Waals surface area contributed by atoms with E-state index in [0.717, 1.165) is 11.1 Å². The topological polar surface area (TPSA) is 72.7 Å². The van der Waals surface area contributed by atoms with Crippen molar-refractivity contribution in [3.63, 3.8) is 0 Å². The van der Waals surface area contributed by atoms with Gasteiger partial charge in [0.15, 0.2) is 0 Å². The Bertz CT molecular complexity index is 1140. The normalized spacial score (nSPS) is 16.6. The molecule has 1 aliphatic rings. The van der Waals surface area contributed by atoms with Crippen molar-refractivity contribution >= 4 is 11.5 Å². The monoisotopic (exact) mass is 466 g/mol. The molecule has 176 valence electrons. The largest absolute Gasteiger partial charge is 0.496 e. The molecule has 0 saturated carbocycles. The summed E-state index contributed by atoms with van der Waals surface area (Å²) in [6, 6.07) is 16.5. The quantitative estimate of drug-likeness (QED) is 0.358. The highest BCUT2D eigenvalue weighted by atomic mass is 19.1. The predicted octanol–water partition coefficient (Wildman–Crippen LogP) is 5.10. The first kappa shape index (κ1) is 23.5. The Morgan fingerprint density at radius 2 is 1.62 bits per heavy atom. The molecule has 1 atom stereocenters. The maximum Gasteiger partial charge on any atom is 0.270 e. The van der Waals surface area contributed by atoms with Crippen LogP contribution < -0.4 is 4.74 Å². The highest BCUT2D eigenvalue weighted by Crippen LogP contribution is 2.37. The van der Waals surface area contributed by atoms with Crippen LogP contribution in [0.2, 0.25) is 0 Å². The molecule has 1 heterocycles. The van der Waals surface area contributed by atoms with Crippen LogP contribution >= 0.6 is 0 Å². The smallest absolute Gasteiger partial charge is 0.270 e. The predicted molar refractivity (Wildman–Crippen MR) is 123 cm³/mol. The molecule has 0 N–H and O–H groups in total. The summed E-state index contributed by atoms with van der Waals surface area (Å²) in [5.41, 5.74) is 2.16. The van der Waals surface area contributed by atoms with Gasteiger partial charge in [-0.1, -0.05) is 24.3 Å². The Morgan fingerprint density at radius 3 is 2.15 bits per heavy atom. The van der Waals surface area contributed by atoms with Crippen molar-refractivity contribution in [2.24, 2.45) is 5.92 Å². The van der Waals surface area contributed by atoms with Crippen molar-refractivity contribution < 1.29 is 23.2 Å². The summed E-state index contributed by atoms with van der Waals surface area (Å²) < 4.78 is 32.6. The van der Waals surface area contributed by atoms with Gasteiger partial charge >= 0.3 is 0 Å². The number of likely N-dealkylation sites (tertiary alicyclic amines) is 1. The van der Waals surface area contributed by atoms with E-state index >= 15 is 0 Å². The number of rotatable bonds is 7. The molecular formula is C26H24F2N2O4. The van der Waals surface area contributed by atoms with Crippen LogP contribution in [0.5, 0.6) is 5.75 Å². The summed E-state index contributed by atoms with van der Waals surface area (Å²) in [6.45, 7) is 1.26. The molecule has 3 aromatic rings. The number of carbonyl (C=O) groups is 1. The van der Waals surface area contributed by atoms with Crippen molar-refractivity contribution in [3.8, 4) is 5.75 Å². The lowest BCUT2D eigenvalue weighted by Gasteiger charge is -2.36. The van der Waals surface area contributed by atoms with E-state index in [4.69, 9.17) is 4.74 Å². The summed E-state index contributed by atoms with van der Waals surface area (Å²) >= 11 is 0. The Labute approximate surface area is 195 Å². The molecule has 1 aliphatic heterocycles. The van der Waals surface area contributed by atoms with Gasteiger partial charge in [0.2, 0.25) is 0 Å². The fraction of sp³-hybridized carbons (Fsp3) is 0.269. The van der Waals surface area contributed by atoms with Gasteiger partial charge in [-0.2, -0.15) is 0 Å². The highest BCUT2D eigenvalue weighted by Gasteiger charge is 2.35. The first-order chi connectivity index (χ1) is 16.4. The standard InChI is InChI=1S/C26H24F2N2O4/c1-34-25-11-10-22(30(32)33)14-19(25)15-29-13-12-24(31)23(16-29)26(17-2-6-20(27)7-3-17)18-4-8-21(28)9-5-18/h2-11,14,23,26H,12-13,15-16H2,1H3. The van der Waals surface area contributed by atoms with Gasteiger partial charge in [-0.05, 0) is 41.5 Å². The first-order valence-corrected chi connectivity index (χ1v) is 10.9. The van der Waals surface area contributed by atoms with Crippen LogP contribution in [0, 0.1) is 27.7 Å². The number of nitrogens with zero attached hydrogens (tertiary/aromatic N) is 2. The molecule has 1 fully saturated rings. The second kappa shape index (κ2) is 10.1. The molecule has 0 aromatic heterocycles. The molecule has 6 nitrogen and oxygen atoms in total. The number of carbonyl (C=O) groups excluding carboxylic acids is 1. The Kier molecular flexibility index (Phi) is 6.98. The number of non-ortho nitro benzene ring substituents is 1. The maximum atomic E-state index is 13.6. The van der Waals surface area contributed by atoms with Gasteiger partial charge in [0.05, 0.1) is 12.0 Å². The van der Waals surface area contributed by atoms with Crippen LogP contribution in [0.3, 0.4) is 0 Å². The number of hydrogen-bond acceptors (Lipinski definition) is 5. The third kappa shape index (κ3) is 5.12. The molecule has 1 unspecified atom stereocenters. The van der Waals surface area contributed by atoms with Crippen molar-refractivity contribution in [2.45, 2.75) is 18.9 Å². The fourth-order valence-electron chi connectivity index (χ4n) is 4.60. The Balaban J connectivity index is 1.66. The minimum Gasteiger partial charge on any atom is -0.496 e. The molecule has 34 heavy (non-hydrogen) atoms. The number of ketones is 1. The number of ether oxygens (including phenoxy) is 1. The van der Waals surface area contributed by atoms with E-state index in [1.54, 1.807) is 30.3 Å². The van der Waals surface area contributed by atoms with E-state index < -0.39 is 10.8 Å².